The van der Waals surface area contributed by atoms with Crippen LogP contribution in [-0.4, -0.2) is 11.9 Å². The van der Waals surface area contributed by atoms with Crippen LogP contribution in [0.2, 0.25) is 0 Å². The molecule has 3 nitrogen and oxygen atoms in total. The first-order valence-corrected chi connectivity index (χ1v) is 6.98. The lowest BCUT2D eigenvalue weighted by atomic mass is 9.84. The summed E-state index contributed by atoms with van der Waals surface area (Å²) in [6, 6.07) is 0. The molecule has 0 bridgehead atoms. The van der Waals surface area contributed by atoms with Crippen molar-refractivity contribution in [3.63, 3.8) is 0 Å². The summed E-state index contributed by atoms with van der Waals surface area (Å²) in [7, 11) is 0. The van der Waals surface area contributed by atoms with E-state index in [0.717, 1.165) is 25.7 Å². The molecule has 1 atom stereocenters. The predicted octanol–water partition coefficient (Wildman–Crippen LogP) is 4.10. The molecule has 1 unspecified atom stereocenters. The number of ether oxygens (including phenoxy) is 1. The highest BCUT2D eigenvalue weighted by Crippen LogP contribution is 2.26. The predicted molar refractivity (Wildman–Crippen MR) is 73.1 cm³/mol. The molecule has 0 saturated carbocycles. The van der Waals surface area contributed by atoms with Crippen molar-refractivity contribution < 1.29 is 14.3 Å². The summed E-state index contributed by atoms with van der Waals surface area (Å²) in [4.78, 5) is 22.9. The number of rotatable bonds is 7. The van der Waals surface area contributed by atoms with E-state index in [1.807, 2.05) is 6.92 Å². The zero-order valence-electron chi connectivity index (χ0n) is 12.5. The Morgan fingerprint density at radius 1 is 1.11 bits per heavy atom. The molecule has 3 heteroatoms. The first-order chi connectivity index (χ1) is 8.24. The molecule has 0 aliphatic rings. The smallest absolute Gasteiger partial charge is 0.313 e. The van der Waals surface area contributed by atoms with Gasteiger partial charge in [0.05, 0.1) is 0 Å². The fourth-order valence-corrected chi connectivity index (χ4v) is 2.14. The minimum absolute atomic E-state index is 0.199. The van der Waals surface area contributed by atoms with Crippen molar-refractivity contribution in [3.05, 3.63) is 0 Å². The lowest BCUT2D eigenvalue weighted by molar-refractivity contribution is -0.160. The molecule has 0 N–H and O–H groups in total. The summed E-state index contributed by atoms with van der Waals surface area (Å²) in [5.41, 5.74) is 0.199. The van der Waals surface area contributed by atoms with Gasteiger partial charge in [-0.25, -0.2) is 0 Å². The minimum Gasteiger partial charge on any atom is -0.393 e. The third-order valence-corrected chi connectivity index (χ3v) is 2.69. The van der Waals surface area contributed by atoms with E-state index < -0.39 is 0 Å². The van der Waals surface area contributed by atoms with Gasteiger partial charge in [0, 0.05) is 12.8 Å². The Balaban J connectivity index is 3.86. The first kappa shape index (κ1) is 17.1. The van der Waals surface area contributed by atoms with Gasteiger partial charge in [-0.2, -0.15) is 0 Å². The molecule has 0 aromatic rings. The highest BCUT2D eigenvalue weighted by Gasteiger charge is 2.19. The SMILES string of the molecule is CCCCCC(=O)OC(=O)CC(C)CC(C)(C)C. The van der Waals surface area contributed by atoms with Crippen LogP contribution in [0.25, 0.3) is 0 Å². The zero-order valence-corrected chi connectivity index (χ0v) is 12.5. The van der Waals surface area contributed by atoms with Gasteiger partial charge >= 0.3 is 11.9 Å². The third-order valence-electron chi connectivity index (χ3n) is 2.69. The quantitative estimate of drug-likeness (QED) is 0.391. The summed E-state index contributed by atoms with van der Waals surface area (Å²) in [6.07, 6.45) is 4.50. The van der Waals surface area contributed by atoms with Gasteiger partial charge in [0.15, 0.2) is 0 Å². The zero-order chi connectivity index (χ0) is 14.2. The van der Waals surface area contributed by atoms with Gasteiger partial charge in [-0.15, -0.1) is 0 Å². The molecular formula is C15H28O3. The van der Waals surface area contributed by atoms with Crippen LogP contribution in [0.5, 0.6) is 0 Å². The summed E-state index contributed by atoms with van der Waals surface area (Å²) < 4.78 is 4.80. The largest absolute Gasteiger partial charge is 0.393 e. The van der Waals surface area contributed by atoms with Crippen LogP contribution in [0.15, 0.2) is 0 Å². The fourth-order valence-electron chi connectivity index (χ4n) is 2.14. The topological polar surface area (TPSA) is 43.4 Å². The highest BCUT2D eigenvalue weighted by molar-refractivity contribution is 5.85. The van der Waals surface area contributed by atoms with E-state index in [2.05, 4.69) is 27.7 Å². The van der Waals surface area contributed by atoms with Crippen molar-refractivity contribution in [1.82, 2.24) is 0 Å². The van der Waals surface area contributed by atoms with Crippen molar-refractivity contribution >= 4 is 11.9 Å². The van der Waals surface area contributed by atoms with Gasteiger partial charge in [-0.3, -0.25) is 9.59 Å². The molecule has 0 amide bonds. The monoisotopic (exact) mass is 256 g/mol. The second-order valence-corrected chi connectivity index (χ2v) is 6.38. The molecule has 0 rings (SSSR count). The fraction of sp³-hybridized carbons (Fsp3) is 0.867. The first-order valence-electron chi connectivity index (χ1n) is 6.98. The average molecular weight is 256 g/mol. The molecular weight excluding hydrogens is 228 g/mol. The highest BCUT2D eigenvalue weighted by atomic mass is 16.6. The minimum atomic E-state index is -0.381. The Labute approximate surface area is 111 Å². The number of hydrogen-bond donors (Lipinski definition) is 0. The number of carbonyl (C=O) groups is 2. The second kappa shape index (κ2) is 8.28. The van der Waals surface area contributed by atoms with Gasteiger partial charge in [-0.1, -0.05) is 47.5 Å². The molecule has 0 aliphatic heterocycles. The molecule has 0 spiro atoms. The van der Waals surface area contributed by atoms with Crippen molar-refractivity contribution in [2.75, 3.05) is 0 Å². The van der Waals surface area contributed by atoms with E-state index >= 15 is 0 Å². The summed E-state index contributed by atoms with van der Waals surface area (Å²) >= 11 is 0. The molecule has 0 aromatic heterocycles. The molecule has 0 radical (unpaired) electrons. The van der Waals surface area contributed by atoms with Crippen LogP contribution in [0, 0.1) is 11.3 Å². The number of carbonyl (C=O) groups excluding carboxylic acids is 2. The lowest BCUT2D eigenvalue weighted by Gasteiger charge is -2.22. The standard InChI is InChI=1S/C15H28O3/c1-6-7-8-9-13(16)18-14(17)10-12(2)11-15(3,4)5/h12H,6-11H2,1-5H3. The normalized spacial score (nSPS) is 13.2. The van der Waals surface area contributed by atoms with Crippen LogP contribution >= 0.6 is 0 Å². The Bertz CT molecular complexity index is 263. The van der Waals surface area contributed by atoms with Gasteiger partial charge in [0.2, 0.25) is 0 Å². The van der Waals surface area contributed by atoms with E-state index in [1.54, 1.807) is 0 Å². The van der Waals surface area contributed by atoms with Gasteiger partial charge in [-0.05, 0) is 24.2 Å². The lowest BCUT2D eigenvalue weighted by Crippen LogP contribution is -2.18. The van der Waals surface area contributed by atoms with Crippen LogP contribution in [0.3, 0.4) is 0 Å². The van der Waals surface area contributed by atoms with E-state index in [-0.39, 0.29) is 23.3 Å². The second-order valence-electron chi connectivity index (χ2n) is 6.38. The number of hydrogen-bond acceptors (Lipinski definition) is 3. The Hall–Kier alpha value is -0.860. The van der Waals surface area contributed by atoms with Crippen molar-refractivity contribution in [2.45, 2.75) is 73.1 Å². The Morgan fingerprint density at radius 3 is 2.22 bits per heavy atom. The molecule has 0 aliphatic carbocycles. The average Bonchev–Trinajstić information content (AvgIpc) is 2.13. The third kappa shape index (κ3) is 10.3. The van der Waals surface area contributed by atoms with Crippen molar-refractivity contribution in [1.29, 1.82) is 0 Å². The van der Waals surface area contributed by atoms with Crippen LogP contribution in [0.4, 0.5) is 0 Å². The number of esters is 2. The van der Waals surface area contributed by atoms with Crippen molar-refractivity contribution in [3.8, 4) is 0 Å². The maximum atomic E-state index is 11.5. The summed E-state index contributed by atoms with van der Waals surface area (Å²) in [5.74, 6) is -0.509. The Kier molecular flexibility index (Phi) is 7.88. The molecule has 0 aromatic carbocycles. The molecule has 0 heterocycles. The molecule has 0 saturated heterocycles. The summed E-state index contributed by atoms with van der Waals surface area (Å²) in [5, 5.41) is 0. The van der Waals surface area contributed by atoms with Crippen molar-refractivity contribution in [2.24, 2.45) is 11.3 Å². The van der Waals surface area contributed by atoms with E-state index in [9.17, 15) is 9.59 Å². The maximum Gasteiger partial charge on any atom is 0.313 e. The molecule has 106 valence electrons. The van der Waals surface area contributed by atoms with Gasteiger partial charge in [0.25, 0.3) is 0 Å². The van der Waals surface area contributed by atoms with E-state index in [4.69, 9.17) is 4.74 Å². The van der Waals surface area contributed by atoms with Gasteiger partial charge in [0.1, 0.15) is 0 Å². The van der Waals surface area contributed by atoms with Crippen LogP contribution in [-0.2, 0) is 14.3 Å². The van der Waals surface area contributed by atoms with E-state index in [1.165, 1.54) is 0 Å². The van der Waals surface area contributed by atoms with E-state index in [0.29, 0.717) is 12.8 Å². The van der Waals surface area contributed by atoms with Crippen LogP contribution < -0.4 is 0 Å². The maximum absolute atomic E-state index is 11.5. The molecule has 0 fully saturated rings. The molecule has 18 heavy (non-hydrogen) atoms. The summed E-state index contributed by atoms with van der Waals surface area (Å²) in [6.45, 7) is 10.5. The Morgan fingerprint density at radius 2 is 1.72 bits per heavy atom. The number of unbranched alkanes of at least 4 members (excludes halogenated alkanes) is 2. The van der Waals surface area contributed by atoms with Crippen LogP contribution in [0.1, 0.15) is 73.1 Å². The van der Waals surface area contributed by atoms with Gasteiger partial charge < -0.3 is 4.74 Å².